The molecule has 0 aliphatic carbocycles. The van der Waals surface area contributed by atoms with Crippen LogP contribution in [-0.4, -0.2) is 69.5 Å². The van der Waals surface area contributed by atoms with Crippen molar-refractivity contribution in [2.75, 3.05) is 27.3 Å². The molecule has 0 saturated carbocycles. The van der Waals surface area contributed by atoms with Gasteiger partial charge in [-0.2, -0.15) is 0 Å². The molecule has 37 heavy (non-hydrogen) atoms. The van der Waals surface area contributed by atoms with Crippen molar-refractivity contribution in [1.82, 2.24) is 24.3 Å². The number of aromatic nitrogens is 3. The molecule has 2 aliphatic rings. The lowest BCUT2D eigenvalue weighted by Gasteiger charge is -2.47. The molecule has 2 amide bonds. The lowest BCUT2D eigenvalue weighted by atomic mass is 9.85. The number of para-hydroxylation sites is 1. The smallest absolute Gasteiger partial charge is 0.246 e. The summed E-state index contributed by atoms with van der Waals surface area (Å²) < 4.78 is 13.2. The molecule has 2 aromatic carbocycles. The van der Waals surface area contributed by atoms with Crippen LogP contribution in [0.25, 0.3) is 10.9 Å². The number of rotatable bonds is 7. The summed E-state index contributed by atoms with van der Waals surface area (Å²) in [5.41, 5.74) is 3.75. The third-order valence-electron chi connectivity index (χ3n) is 7.48. The van der Waals surface area contributed by atoms with Crippen LogP contribution in [0.1, 0.15) is 29.3 Å². The molecule has 6 rings (SSSR count). The Hall–Kier alpha value is -4.27. The standard InChI is InChI=1S/C28H29N5O4/c1-36-18-8-9-24(37-2)21(14-18)27-26-20(19-6-3-4-7-22(19)30-26)15-23-28(35)32(16-25(34)33(23)27)12-5-11-31-13-10-29-17-31/h3-4,6-10,13-14,17,23,27,30H,5,11-12,15-16H2,1-2H3. The zero-order chi connectivity index (χ0) is 25.5. The molecule has 1 saturated heterocycles. The fraction of sp³-hybridized carbons (Fsp3) is 0.321. The maximum atomic E-state index is 13.9. The topological polar surface area (TPSA) is 92.7 Å². The second-order valence-corrected chi connectivity index (χ2v) is 9.51. The number of nitrogens with one attached hydrogen (secondary N) is 1. The first-order chi connectivity index (χ1) is 18.1. The SMILES string of the molecule is COc1ccc(OC)c(C2c3[nH]c4ccccc4c3CC3C(=O)N(CCCn4ccnc4)CC(=O)N32)c1. The first kappa shape index (κ1) is 23.1. The molecule has 2 atom stereocenters. The summed E-state index contributed by atoms with van der Waals surface area (Å²) in [6, 6.07) is 12.6. The first-order valence-corrected chi connectivity index (χ1v) is 12.5. The highest BCUT2D eigenvalue weighted by atomic mass is 16.5. The summed E-state index contributed by atoms with van der Waals surface area (Å²) in [6.07, 6.45) is 6.60. The molecule has 4 heterocycles. The molecule has 0 bridgehead atoms. The Kier molecular flexibility index (Phi) is 5.82. The number of H-pyrrole nitrogens is 1. The van der Waals surface area contributed by atoms with Gasteiger partial charge in [0.25, 0.3) is 0 Å². The Labute approximate surface area is 214 Å². The number of carbonyl (C=O) groups is 2. The largest absolute Gasteiger partial charge is 0.497 e. The monoisotopic (exact) mass is 499 g/mol. The Morgan fingerprint density at radius 3 is 2.73 bits per heavy atom. The molecule has 0 radical (unpaired) electrons. The van der Waals surface area contributed by atoms with E-state index in [4.69, 9.17) is 9.47 Å². The van der Waals surface area contributed by atoms with Gasteiger partial charge in [-0.05, 0) is 36.2 Å². The van der Waals surface area contributed by atoms with Gasteiger partial charge < -0.3 is 28.8 Å². The molecule has 2 aromatic heterocycles. The van der Waals surface area contributed by atoms with Crippen molar-refractivity contribution >= 4 is 22.7 Å². The van der Waals surface area contributed by atoms with E-state index in [0.29, 0.717) is 24.5 Å². The summed E-state index contributed by atoms with van der Waals surface area (Å²) in [5.74, 6) is 1.20. The molecule has 1 N–H and O–H groups in total. The van der Waals surface area contributed by atoms with Gasteiger partial charge in [0.1, 0.15) is 23.6 Å². The number of hydrogen-bond donors (Lipinski definition) is 1. The Morgan fingerprint density at radius 1 is 1.08 bits per heavy atom. The zero-order valence-electron chi connectivity index (χ0n) is 20.9. The predicted molar refractivity (Wildman–Crippen MR) is 137 cm³/mol. The minimum absolute atomic E-state index is 0.0203. The quantitative estimate of drug-likeness (QED) is 0.422. The van der Waals surface area contributed by atoms with Crippen LogP contribution in [0.4, 0.5) is 0 Å². The van der Waals surface area contributed by atoms with E-state index in [-0.39, 0.29) is 18.4 Å². The molecule has 190 valence electrons. The average molecular weight is 500 g/mol. The highest BCUT2D eigenvalue weighted by molar-refractivity contribution is 5.97. The first-order valence-electron chi connectivity index (χ1n) is 12.5. The van der Waals surface area contributed by atoms with Crippen LogP contribution in [-0.2, 0) is 22.6 Å². The van der Waals surface area contributed by atoms with Gasteiger partial charge in [0, 0.05) is 54.1 Å². The van der Waals surface area contributed by atoms with Crippen molar-refractivity contribution in [2.45, 2.75) is 31.5 Å². The van der Waals surface area contributed by atoms with Gasteiger partial charge in [-0.1, -0.05) is 18.2 Å². The van der Waals surface area contributed by atoms with E-state index in [9.17, 15) is 9.59 Å². The van der Waals surface area contributed by atoms with E-state index in [1.54, 1.807) is 36.5 Å². The van der Waals surface area contributed by atoms with E-state index in [0.717, 1.165) is 40.7 Å². The third-order valence-corrected chi connectivity index (χ3v) is 7.48. The van der Waals surface area contributed by atoms with Gasteiger partial charge in [0.15, 0.2) is 0 Å². The van der Waals surface area contributed by atoms with Gasteiger partial charge in [-0.25, -0.2) is 4.98 Å². The molecule has 9 nitrogen and oxygen atoms in total. The van der Waals surface area contributed by atoms with Crippen LogP contribution >= 0.6 is 0 Å². The number of hydrogen-bond acceptors (Lipinski definition) is 5. The van der Waals surface area contributed by atoms with Gasteiger partial charge in [-0.3, -0.25) is 9.59 Å². The molecule has 9 heteroatoms. The second-order valence-electron chi connectivity index (χ2n) is 9.51. The van der Waals surface area contributed by atoms with Crippen LogP contribution in [0.3, 0.4) is 0 Å². The molecule has 4 aromatic rings. The van der Waals surface area contributed by atoms with Crippen LogP contribution < -0.4 is 9.47 Å². The van der Waals surface area contributed by atoms with Crippen molar-refractivity contribution in [3.8, 4) is 11.5 Å². The molecular formula is C28H29N5O4. The van der Waals surface area contributed by atoms with E-state index >= 15 is 0 Å². The normalized spacial score (nSPS) is 19.2. The number of amides is 2. The third kappa shape index (κ3) is 3.91. The Bertz CT molecular complexity index is 1460. The number of imidazole rings is 1. The van der Waals surface area contributed by atoms with E-state index in [1.165, 1.54) is 0 Å². The summed E-state index contributed by atoms with van der Waals surface area (Å²) in [6.45, 7) is 1.31. The average Bonchev–Trinajstić information content (AvgIpc) is 3.57. The van der Waals surface area contributed by atoms with E-state index < -0.39 is 12.1 Å². The van der Waals surface area contributed by atoms with Crippen molar-refractivity contribution in [1.29, 1.82) is 0 Å². The lowest BCUT2D eigenvalue weighted by molar-refractivity contribution is -0.158. The zero-order valence-corrected chi connectivity index (χ0v) is 20.9. The minimum atomic E-state index is -0.595. The van der Waals surface area contributed by atoms with Crippen LogP contribution in [0, 0.1) is 0 Å². The summed E-state index contributed by atoms with van der Waals surface area (Å²) in [7, 11) is 3.23. The molecule has 2 unspecified atom stereocenters. The maximum Gasteiger partial charge on any atom is 0.246 e. The van der Waals surface area contributed by atoms with Crippen molar-refractivity contribution in [3.63, 3.8) is 0 Å². The minimum Gasteiger partial charge on any atom is -0.497 e. The highest BCUT2D eigenvalue weighted by Gasteiger charge is 2.48. The van der Waals surface area contributed by atoms with Crippen molar-refractivity contribution in [3.05, 3.63) is 78.0 Å². The van der Waals surface area contributed by atoms with Crippen LogP contribution in [0.2, 0.25) is 0 Å². The summed E-state index contributed by atoms with van der Waals surface area (Å²) in [4.78, 5) is 38.7. The summed E-state index contributed by atoms with van der Waals surface area (Å²) >= 11 is 0. The number of piperazine rings is 1. The maximum absolute atomic E-state index is 13.9. The number of benzene rings is 2. The van der Waals surface area contributed by atoms with E-state index in [2.05, 4.69) is 16.0 Å². The molecule has 1 fully saturated rings. The highest BCUT2D eigenvalue weighted by Crippen LogP contribution is 2.45. The Balaban J connectivity index is 1.41. The van der Waals surface area contributed by atoms with Crippen molar-refractivity contribution < 1.29 is 19.1 Å². The van der Waals surface area contributed by atoms with Crippen LogP contribution in [0.5, 0.6) is 11.5 Å². The summed E-state index contributed by atoms with van der Waals surface area (Å²) in [5, 5.41) is 1.07. The number of carbonyl (C=O) groups excluding carboxylic acids is 2. The van der Waals surface area contributed by atoms with Crippen LogP contribution in [0.15, 0.2) is 61.2 Å². The number of aryl methyl sites for hydroxylation is 1. The van der Waals surface area contributed by atoms with E-state index in [1.807, 2.05) is 47.2 Å². The number of ether oxygens (including phenoxy) is 2. The number of fused-ring (bicyclic) bond motifs is 4. The second kappa shape index (κ2) is 9.31. The van der Waals surface area contributed by atoms with Gasteiger partial charge in [0.2, 0.25) is 11.8 Å². The fourth-order valence-electron chi connectivity index (χ4n) is 5.75. The number of aromatic amines is 1. The molecule has 2 aliphatic heterocycles. The predicted octanol–water partition coefficient (Wildman–Crippen LogP) is 3.16. The van der Waals surface area contributed by atoms with Gasteiger partial charge in [-0.15, -0.1) is 0 Å². The van der Waals surface area contributed by atoms with Crippen molar-refractivity contribution in [2.24, 2.45) is 0 Å². The number of nitrogens with zero attached hydrogens (tertiary/aromatic N) is 4. The van der Waals surface area contributed by atoms with Gasteiger partial charge >= 0.3 is 0 Å². The number of methoxy groups -OCH3 is 2. The lowest BCUT2D eigenvalue weighted by Crippen LogP contribution is -2.63. The molecular weight excluding hydrogens is 470 g/mol. The fourth-order valence-corrected chi connectivity index (χ4v) is 5.75. The van der Waals surface area contributed by atoms with Gasteiger partial charge in [0.05, 0.1) is 27.1 Å². The molecule has 0 spiro atoms. The Morgan fingerprint density at radius 2 is 1.95 bits per heavy atom.